The van der Waals surface area contributed by atoms with E-state index in [1.165, 1.54) is 7.11 Å². The first-order valence-electron chi connectivity index (χ1n) is 12.6. The molecule has 0 saturated carbocycles. The van der Waals surface area contributed by atoms with Gasteiger partial charge in [0, 0.05) is 42.5 Å². The maximum atomic E-state index is 13.3. The number of aromatic nitrogens is 1. The van der Waals surface area contributed by atoms with E-state index in [0.29, 0.717) is 45.9 Å². The van der Waals surface area contributed by atoms with Crippen LogP contribution in [-0.2, 0) is 9.53 Å². The Hall–Kier alpha value is -4.54. The summed E-state index contributed by atoms with van der Waals surface area (Å²) in [7, 11) is 7.05. The summed E-state index contributed by atoms with van der Waals surface area (Å²) in [5.74, 6) is -0.845. The molecule has 0 atom stereocenters. The van der Waals surface area contributed by atoms with Gasteiger partial charge < -0.3 is 25.2 Å². The van der Waals surface area contributed by atoms with E-state index in [-0.39, 0.29) is 11.8 Å². The van der Waals surface area contributed by atoms with Gasteiger partial charge in [0.25, 0.3) is 11.8 Å². The Bertz CT molecular complexity index is 1640. The van der Waals surface area contributed by atoms with Gasteiger partial charge in [-0.25, -0.2) is 9.78 Å². The van der Waals surface area contributed by atoms with Crippen LogP contribution < -0.4 is 10.6 Å². The third kappa shape index (κ3) is 5.45. The molecular formula is C30H29N5O4S. The topological polar surface area (TPSA) is 104 Å². The van der Waals surface area contributed by atoms with Crippen LogP contribution in [0.2, 0.25) is 0 Å². The van der Waals surface area contributed by atoms with E-state index in [1.54, 1.807) is 59.1 Å². The summed E-state index contributed by atoms with van der Waals surface area (Å²) in [4.78, 5) is 46.5. The smallest absolute Gasteiger partial charge is 0.337 e. The molecule has 0 spiro atoms. The van der Waals surface area contributed by atoms with Crippen LogP contribution in [0.5, 0.6) is 0 Å². The van der Waals surface area contributed by atoms with Crippen molar-refractivity contribution in [2.45, 2.75) is 0 Å². The number of fused-ring (bicyclic) bond motifs is 2. The Balaban J connectivity index is 1.53. The molecule has 0 radical (unpaired) electrons. The lowest BCUT2D eigenvalue weighted by Gasteiger charge is -2.20. The number of thiazole rings is 1. The van der Waals surface area contributed by atoms with Crippen molar-refractivity contribution in [3.8, 4) is 0 Å². The van der Waals surface area contributed by atoms with Crippen LogP contribution in [0.15, 0.2) is 66.2 Å². The molecule has 1 aromatic heterocycles. The molecule has 10 heteroatoms. The minimum absolute atomic E-state index is 0.0635. The zero-order valence-electron chi connectivity index (χ0n) is 22.6. The van der Waals surface area contributed by atoms with Gasteiger partial charge in [-0.2, -0.15) is 0 Å². The number of carbonyl (C=O) groups is 3. The van der Waals surface area contributed by atoms with Crippen LogP contribution in [0.1, 0.15) is 31.8 Å². The molecule has 5 rings (SSSR count). The van der Waals surface area contributed by atoms with Crippen LogP contribution in [-0.4, -0.2) is 73.9 Å². The second-order valence-electron chi connectivity index (χ2n) is 9.72. The van der Waals surface area contributed by atoms with Gasteiger partial charge in [-0.3, -0.25) is 9.59 Å². The lowest BCUT2D eigenvalue weighted by Crippen LogP contribution is -2.33. The molecule has 204 valence electrons. The summed E-state index contributed by atoms with van der Waals surface area (Å²) >= 11 is 1.54. The van der Waals surface area contributed by atoms with Gasteiger partial charge in [0.15, 0.2) is 0 Å². The van der Waals surface area contributed by atoms with Crippen molar-refractivity contribution in [1.82, 2.24) is 14.8 Å². The number of methoxy groups -OCH3 is 1. The predicted molar refractivity (Wildman–Crippen MR) is 158 cm³/mol. The molecule has 1 aliphatic rings. The molecule has 40 heavy (non-hydrogen) atoms. The number of benzene rings is 3. The highest BCUT2D eigenvalue weighted by molar-refractivity contribution is 7.16. The number of hydrogen-bond donors (Lipinski definition) is 2. The van der Waals surface area contributed by atoms with Crippen LogP contribution in [0.25, 0.3) is 21.5 Å². The Kier molecular flexibility index (Phi) is 7.63. The van der Waals surface area contributed by atoms with E-state index in [9.17, 15) is 14.4 Å². The van der Waals surface area contributed by atoms with Crippen LogP contribution in [0.3, 0.4) is 0 Å². The van der Waals surface area contributed by atoms with Gasteiger partial charge in [-0.15, -0.1) is 11.3 Å². The highest BCUT2D eigenvalue weighted by Gasteiger charge is 2.29. The molecule has 2 heterocycles. The van der Waals surface area contributed by atoms with Gasteiger partial charge in [0.2, 0.25) is 0 Å². The van der Waals surface area contributed by atoms with Crippen molar-refractivity contribution in [1.29, 1.82) is 0 Å². The largest absolute Gasteiger partial charge is 0.465 e. The molecular weight excluding hydrogens is 526 g/mol. The van der Waals surface area contributed by atoms with Crippen LogP contribution >= 0.6 is 11.3 Å². The molecule has 0 fully saturated rings. The molecule has 0 aliphatic carbocycles. The SMILES string of the molecule is COC(=O)c1ccc2c(c1)NC(=O)C2=C(Nc1ccc(C(=O)N(C)CCN(C)C)cc1)c1ccc2scnc2c1. The summed E-state index contributed by atoms with van der Waals surface area (Å²) in [6.07, 6.45) is 0. The highest BCUT2D eigenvalue weighted by Crippen LogP contribution is 2.39. The molecule has 2 amide bonds. The number of esters is 1. The third-order valence-corrected chi connectivity index (χ3v) is 7.49. The normalized spacial score (nSPS) is 13.7. The highest BCUT2D eigenvalue weighted by atomic mass is 32.1. The molecule has 3 aromatic carbocycles. The molecule has 2 N–H and O–H groups in total. The number of carbonyl (C=O) groups excluding carboxylic acids is 3. The lowest BCUT2D eigenvalue weighted by atomic mass is 9.98. The molecule has 9 nitrogen and oxygen atoms in total. The Labute approximate surface area is 236 Å². The first-order valence-corrected chi connectivity index (χ1v) is 13.5. The van der Waals surface area contributed by atoms with Crippen molar-refractivity contribution < 1.29 is 19.1 Å². The van der Waals surface area contributed by atoms with Crippen molar-refractivity contribution in [3.05, 3.63) is 88.4 Å². The minimum atomic E-state index is -0.483. The number of hydrogen-bond acceptors (Lipinski definition) is 8. The maximum Gasteiger partial charge on any atom is 0.337 e. The predicted octanol–water partition coefficient (Wildman–Crippen LogP) is 4.65. The number of rotatable bonds is 8. The average Bonchev–Trinajstić information content (AvgIpc) is 3.56. The number of nitrogens with zero attached hydrogens (tertiary/aromatic N) is 3. The fourth-order valence-corrected chi connectivity index (χ4v) is 5.13. The number of nitrogens with one attached hydrogen (secondary N) is 2. The third-order valence-electron chi connectivity index (χ3n) is 6.68. The van der Waals surface area contributed by atoms with Crippen LogP contribution in [0, 0.1) is 0 Å². The molecule has 4 aromatic rings. The van der Waals surface area contributed by atoms with E-state index >= 15 is 0 Å². The fraction of sp³-hybridized carbons (Fsp3) is 0.200. The quantitative estimate of drug-likeness (QED) is 0.241. The second kappa shape index (κ2) is 11.3. The maximum absolute atomic E-state index is 13.3. The average molecular weight is 556 g/mol. The van der Waals surface area contributed by atoms with Crippen molar-refractivity contribution in [2.75, 3.05) is 52.0 Å². The second-order valence-corrected chi connectivity index (χ2v) is 10.6. The van der Waals surface area contributed by atoms with E-state index in [4.69, 9.17) is 4.74 Å². The van der Waals surface area contributed by atoms with Crippen LogP contribution in [0.4, 0.5) is 11.4 Å². The lowest BCUT2D eigenvalue weighted by molar-refractivity contribution is -0.110. The summed E-state index contributed by atoms with van der Waals surface area (Å²) < 4.78 is 5.87. The van der Waals surface area contributed by atoms with Gasteiger partial charge in [0.05, 0.1) is 45.4 Å². The first kappa shape index (κ1) is 27.0. The summed E-state index contributed by atoms with van der Waals surface area (Å²) in [5, 5.41) is 6.30. The number of anilines is 2. The van der Waals surface area contributed by atoms with Gasteiger partial charge in [-0.1, -0.05) is 12.1 Å². The number of likely N-dealkylation sites (N-methyl/N-ethyl adjacent to an activating group) is 2. The van der Waals surface area contributed by atoms with Crippen molar-refractivity contribution in [2.24, 2.45) is 0 Å². The fourth-order valence-electron chi connectivity index (χ4n) is 4.47. The zero-order chi connectivity index (χ0) is 28.4. The molecule has 1 aliphatic heterocycles. The Morgan fingerprint density at radius 2 is 1.68 bits per heavy atom. The van der Waals surface area contributed by atoms with Crippen molar-refractivity contribution in [3.63, 3.8) is 0 Å². The monoisotopic (exact) mass is 555 g/mol. The van der Waals surface area contributed by atoms with Crippen molar-refractivity contribution >= 4 is 62.0 Å². The Morgan fingerprint density at radius 1 is 0.950 bits per heavy atom. The minimum Gasteiger partial charge on any atom is -0.465 e. The van der Waals surface area contributed by atoms with E-state index in [2.05, 4.69) is 15.6 Å². The standard InChI is InChI=1S/C30H29N5O4S/c1-34(2)13-14-35(3)29(37)18-5-9-21(10-6-18)32-27(19-8-12-25-24(15-19)31-17-40-25)26-22-11-7-20(30(38)39-4)16-23(22)33-28(26)36/h5-12,15-17,32H,13-14H2,1-4H3,(H,33,36). The van der Waals surface area contributed by atoms with Gasteiger partial charge in [-0.05, 0) is 62.6 Å². The van der Waals surface area contributed by atoms with Gasteiger partial charge >= 0.3 is 5.97 Å². The number of ether oxygens (including phenoxy) is 1. The Morgan fingerprint density at radius 3 is 2.40 bits per heavy atom. The zero-order valence-corrected chi connectivity index (χ0v) is 23.5. The van der Waals surface area contributed by atoms with E-state index in [0.717, 1.165) is 22.3 Å². The molecule has 0 unspecified atom stereocenters. The number of amides is 2. The van der Waals surface area contributed by atoms with E-state index in [1.807, 2.05) is 49.3 Å². The molecule has 0 saturated heterocycles. The first-order chi connectivity index (χ1) is 19.2. The molecule has 0 bridgehead atoms. The van der Waals surface area contributed by atoms with E-state index < -0.39 is 5.97 Å². The summed E-state index contributed by atoms with van der Waals surface area (Å²) in [6, 6.07) is 18.0. The van der Waals surface area contributed by atoms with Gasteiger partial charge in [0.1, 0.15) is 0 Å². The summed E-state index contributed by atoms with van der Waals surface area (Å²) in [5.41, 5.74) is 7.21. The summed E-state index contributed by atoms with van der Waals surface area (Å²) in [6.45, 7) is 1.39.